The zero-order valence-electron chi connectivity index (χ0n) is 8.83. The Balaban J connectivity index is 2.64. The van der Waals surface area contributed by atoms with Gasteiger partial charge in [-0.05, 0) is 31.0 Å². The highest BCUT2D eigenvalue weighted by Gasteiger charge is 2.13. The van der Waals surface area contributed by atoms with Gasteiger partial charge < -0.3 is 0 Å². The number of hydrogen-bond donors (Lipinski definition) is 0. The summed E-state index contributed by atoms with van der Waals surface area (Å²) in [5.74, 6) is 0.195. The Kier molecular flexibility index (Phi) is 5.79. The van der Waals surface area contributed by atoms with Crippen LogP contribution in [0.5, 0.6) is 0 Å². The first kappa shape index (κ1) is 14.0. The van der Waals surface area contributed by atoms with Crippen LogP contribution in [0.25, 0.3) is 0 Å². The Hall–Kier alpha value is -0.0600. The normalized spacial score (nSPS) is 11.6. The van der Waals surface area contributed by atoms with E-state index in [1.807, 2.05) is 0 Å². The third kappa shape index (κ3) is 4.44. The van der Waals surface area contributed by atoms with Gasteiger partial charge in [0, 0.05) is 10.4 Å². The molecule has 1 aromatic rings. The molecule has 0 aliphatic rings. The fourth-order valence-electron chi connectivity index (χ4n) is 1.34. The third-order valence-corrected chi connectivity index (χ3v) is 4.80. The minimum atomic E-state index is -3.16. The first-order valence-corrected chi connectivity index (χ1v) is 8.26. The van der Waals surface area contributed by atoms with E-state index in [1.165, 1.54) is 6.07 Å². The van der Waals surface area contributed by atoms with Crippen molar-refractivity contribution in [3.63, 3.8) is 0 Å². The van der Waals surface area contributed by atoms with Crippen LogP contribution in [0.1, 0.15) is 19.3 Å². The van der Waals surface area contributed by atoms with Gasteiger partial charge in [0.25, 0.3) is 0 Å². The number of alkyl halides is 1. The van der Waals surface area contributed by atoms with E-state index in [-0.39, 0.29) is 5.75 Å². The van der Waals surface area contributed by atoms with Crippen LogP contribution >= 0.6 is 27.5 Å². The molecule has 0 fully saturated rings. The number of hydrogen-bond acceptors (Lipinski definition) is 2. The van der Waals surface area contributed by atoms with Crippen LogP contribution in [-0.2, 0) is 9.84 Å². The number of benzene rings is 1. The second-order valence-electron chi connectivity index (χ2n) is 3.53. The van der Waals surface area contributed by atoms with Crippen molar-refractivity contribution in [1.82, 2.24) is 0 Å². The van der Waals surface area contributed by atoms with E-state index in [2.05, 4.69) is 15.9 Å². The van der Waals surface area contributed by atoms with Crippen LogP contribution in [0.15, 0.2) is 29.2 Å². The summed E-state index contributed by atoms with van der Waals surface area (Å²) < 4.78 is 23.8. The second-order valence-corrected chi connectivity index (χ2v) is 6.86. The molecule has 1 aromatic carbocycles. The van der Waals surface area contributed by atoms with Gasteiger partial charge >= 0.3 is 0 Å². The fraction of sp³-hybridized carbons (Fsp3) is 0.455. The highest BCUT2D eigenvalue weighted by atomic mass is 79.9. The minimum absolute atomic E-state index is 0.195. The van der Waals surface area contributed by atoms with E-state index in [1.54, 1.807) is 18.2 Å². The average Bonchev–Trinajstić information content (AvgIpc) is 2.24. The zero-order valence-corrected chi connectivity index (χ0v) is 12.0. The molecular formula is C11H14BrClO2S. The maximum absolute atomic E-state index is 11.9. The van der Waals surface area contributed by atoms with Crippen molar-refractivity contribution >= 4 is 37.4 Å². The minimum Gasteiger partial charge on any atom is -0.224 e. The van der Waals surface area contributed by atoms with Crippen molar-refractivity contribution in [3.05, 3.63) is 29.3 Å². The highest BCUT2D eigenvalue weighted by Crippen LogP contribution is 2.17. The summed E-state index contributed by atoms with van der Waals surface area (Å²) in [6.07, 6.45) is 2.62. The number of sulfone groups is 1. The molecule has 0 aromatic heterocycles. The average molecular weight is 326 g/mol. The summed E-state index contributed by atoms with van der Waals surface area (Å²) in [6.45, 7) is 0. The van der Waals surface area contributed by atoms with Gasteiger partial charge in [-0.15, -0.1) is 0 Å². The molecule has 0 saturated carbocycles. The van der Waals surface area contributed by atoms with Crippen LogP contribution in [0.3, 0.4) is 0 Å². The highest BCUT2D eigenvalue weighted by molar-refractivity contribution is 9.09. The van der Waals surface area contributed by atoms with Crippen molar-refractivity contribution < 1.29 is 8.42 Å². The predicted molar refractivity (Wildman–Crippen MR) is 71.1 cm³/mol. The van der Waals surface area contributed by atoms with Crippen LogP contribution in [-0.4, -0.2) is 19.5 Å². The molecule has 0 spiro atoms. The molecule has 0 aliphatic heterocycles. The molecule has 0 N–H and O–H groups in total. The van der Waals surface area contributed by atoms with E-state index >= 15 is 0 Å². The van der Waals surface area contributed by atoms with Crippen molar-refractivity contribution in [2.75, 3.05) is 11.1 Å². The summed E-state index contributed by atoms with van der Waals surface area (Å²) in [5.41, 5.74) is 0. The molecule has 0 unspecified atom stereocenters. The van der Waals surface area contributed by atoms with Gasteiger partial charge in [0.2, 0.25) is 0 Å². The van der Waals surface area contributed by atoms with Gasteiger partial charge in [0.1, 0.15) is 0 Å². The molecule has 5 heteroatoms. The lowest BCUT2D eigenvalue weighted by Gasteiger charge is -2.04. The van der Waals surface area contributed by atoms with Crippen LogP contribution in [0.2, 0.25) is 5.02 Å². The Bertz CT molecular complexity index is 431. The molecule has 0 atom stereocenters. The lowest BCUT2D eigenvalue weighted by atomic mass is 10.3. The molecule has 2 nitrogen and oxygen atoms in total. The van der Waals surface area contributed by atoms with E-state index in [0.717, 1.165) is 18.2 Å². The smallest absolute Gasteiger partial charge is 0.178 e. The largest absolute Gasteiger partial charge is 0.224 e. The lowest BCUT2D eigenvalue weighted by molar-refractivity contribution is 0.591. The van der Waals surface area contributed by atoms with E-state index in [4.69, 9.17) is 11.6 Å². The van der Waals surface area contributed by atoms with Crippen molar-refractivity contribution in [1.29, 1.82) is 0 Å². The molecule has 0 radical (unpaired) electrons. The molecule has 0 aliphatic carbocycles. The summed E-state index contributed by atoms with van der Waals surface area (Å²) >= 11 is 9.08. The Labute approximate surface area is 110 Å². The van der Waals surface area contributed by atoms with E-state index in [9.17, 15) is 8.42 Å². The lowest BCUT2D eigenvalue weighted by Crippen LogP contribution is -2.06. The van der Waals surface area contributed by atoms with E-state index in [0.29, 0.717) is 16.3 Å². The maximum atomic E-state index is 11.9. The topological polar surface area (TPSA) is 34.1 Å². The molecule has 16 heavy (non-hydrogen) atoms. The summed E-state index contributed by atoms with van der Waals surface area (Å²) in [5, 5.41) is 1.38. The Morgan fingerprint density at radius 1 is 1.19 bits per heavy atom. The number of halogens is 2. The summed E-state index contributed by atoms with van der Waals surface area (Å²) in [4.78, 5) is 0.318. The summed E-state index contributed by atoms with van der Waals surface area (Å²) in [6, 6.07) is 6.42. The second kappa shape index (κ2) is 6.62. The molecular weight excluding hydrogens is 312 g/mol. The maximum Gasteiger partial charge on any atom is 0.178 e. The molecule has 90 valence electrons. The van der Waals surface area contributed by atoms with E-state index < -0.39 is 9.84 Å². The first-order valence-electron chi connectivity index (χ1n) is 5.10. The van der Waals surface area contributed by atoms with Crippen molar-refractivity contribution in [2.24, 2.45) is 0 Å². The van der Waals surface area contributed by atoms with Gasteiger partial charge in [-0.2, -0.15) is 0 Å². The van der Waals surface area contributed by atoms with Crippen LogP contribution < -0.4 is 0 Å². The number of rotatable bonds is 6. The van der Waals surface area contributed by atoms with Crippen LogP contribution in [0.4, 0.5) is 0 Å². The Morgan fingerprint density at radius 3 is 2.56 bits per heavy atom. The van der Waals surface area contributed by atoms with Crippen LogP contribution in [0, 0.1) is 0 Å². The Morgan fingerprint density at radius 2 is 1.94 bits per heavy atom. The molecule has 0 bridgehead atoms. The SMILES string of the molecule is O=S(=O)(CCCCCBr)c1cccc(Cl)c1. The van der Waals surface area contributed by atoms with Crippen molar-refractivity contribution in [2.45, 2.75) is 24.2 Å². The quantitative estimate of drug-likeness (QED) is 0.590. The monoisotopic (exact) mass is 324 g/mol. The molecule has 0 saturated heterocycles. The van der Waals surface area contributed by atoms with Gasteiger partial charge in [-0.1, -0.05) is 40.0 Å². The zero-order chi connectivity index (χ0) is 12.0. The standard InChI is InChI=1S/C11H14BrClO2S/c12-7-2-1-3-8-16(14,15)11-6-4-5-10(13)9-11/h4-6,9H,1-3,7-8H2. The fourth-order valence-corrected chi connectivity index (χ4v) is 3.41. The van der Waals surface area contributed by atoms with Crippen molar-refractivity contribution in [3.8, 4) is 0 Å². The van der Waals surface area contributed by atoms with Gasteiger partial charge in [0.15, 0.2) is 9.84 Å². The summed E-state index contributed by atoms with van der Waals surface area (Å²) in [7, 11) is -3.16. The molecule has 1 rings (SSSR count). The first-order chi connectivity index (χ1) is 7.56. The third-order valence-electron chi connectivity index (χ3n) is 2.20. The van der Waals surface area contributed by atoms with Gasteiger partial charge in [-0.3, -0.25) is 0 Å². The number of unbranched alkanes of at least 4 members (excludes halogenated alkanes) is 2. The van der Waals surface area contributed by atoms with Gasteiger partial charge in [-0.25, -0.2) is 8.42 Å². The molecule has 0 heterocycles. The predicted octanol–water partition coefficient (Wildman–Crippen LogP) is 3.68. The van der Waals surface area contributed by atoms with Gasteiger partial charge in [0.05, 0.1) is 10.6 Å². The molecule has 0 amide bonds.